The molecule has 0 saturated carbocycles. The Morgan fingerprint density at radius 2 is 1.48 bits per heavy atom. The Hall–Kier alpha value is -2.62. The third kappa shape index (κ3) is 2.13. The third-order valence-corrected chi connectivity index (χ3v) is 4.71. The van der Waals surface area contributed by atoms with Crippen LogP contribution in [0, 0.1) is 0 Å². The van der Waals surface area contributed by atoms with E-state index in [9.17, 15) is 14.7 Å². The number of carbonyl (C=O) groups excluding carboxylic acids is 2. The molecule has 1 saturated heterocycles. The molecule has 0 bridgehead atoms. The highest BCUT2D eigenvalue weighted by atomic mass is 16.3. The minimum absolute atomic E-state index is 0.101. The van der Waals surface area contributed by atoms with Crippen molar-refractivity contribution in [3.63, 3.8) is 0 Å². The van der Waals surface area contributed by atoms with Gasteiger partial charge in [-0.15, -0.1) is 0 Å². The van der Waals surface area contributed by atoms with Crippen LogP contribution in [0.3, 0.4) is 0 Å². The first-order chi connectivity index (χ1) is 11.2. The number of nitrogens with zero attached hydrogens (tertiary/aromatic N) is 1. The highest BCUT2D eigenvalue weighted by molar-refractivity contribution is 6.29. The monoisotopic (exact) mass is 307 g/mol. The van der Waals surface area contributed by atoms with Crippen molar-refractivity contribution in [2.45, 2.75) is 19.3 Å². The molecule has 0 amide bonds. The second-order valence-electron chi connectivity index (χ2n) is 6.14. The molecule has 2 aliphatic rings. The van der Waals surface area contributed by atoms with E-state index in [1.165, 1.54) is 6.42 Å². The maximum atomic E-state index is 12.8. The molecule has 0 spiro atoms. The molecule has 1 heterocycles. The SMILES string of the molecule is O=C1c2ccccc2C(=O)c2c(O)cc(N3CCCCC3)cc21. The van der Waals surface area contributed by atoms with Gasteiger partial charge in [-0.25, -0.2) is 0 Å². The van der Waals surface area contributed by atoms with Crippen molar-refractivity contribution >= 4 is 17.3 Å². The van der Waals surface area contributed by atoms with Gasteiger partial charge < -0.3 is 10.0 Å². The van der Waals surface area contributed by atoms with Crippen LogP contribution in [-0.4, -0.2) is 29.8 Å². The molecule has 4 heteroatoms. The summed E-state index contributed by atoms with van der Waals surface area (Å²) in [6, 6.07) is 10.2. The first-order valence-electron chi connectivity index (χ1n) is 7.97. The molecular formula is C19H17NO3. The molecule has 1 aliphatic carbocycles. The van der Waals surface area contributed by atoms with Crippen molar-refractivity contribution in [1.82, 2.24) is 0 Å². The van der Waals surface area contributed by atoms with E-state index < -0.39 is 0 Å². The Morgan fingerprint density at radius 3 is 2.17 bits per heavy atom. The Labute approximate surface area is 134 Å². The smallest absolute Gasteiger partial charge is 0.198 e. The number of phenolic OH excluding ortho intramolecular Hbond substituents is 1. The molecule has 0 aromatic heterocycles. The zero-order valence-electron chi connectivity index (χ0n) is 12.7. The number of benzene rings is 2. The van der Waals surface area contributed by atoms with E-state index in [1.807, 2.05) is 0 Å². The van der Waals surface area contributed by atoms with E-state index in [0.717, 1.165) is 31.6 Å². The Balaban J connectivity index is 1.86. The fraction of sp³-hybridized carbons (Fsp3) is 0.263. The number of anilines is 1. The topological polar surface area (TPSA) is 57.6 Å². The van der Waals surface area contributed by atoms with Crippen LogP contribution in [0.1, 0.15) is 51.1 Å². The molecule has 2 aromatic rings. The predicted octanol–water partition coefficient (Wildman–Crippen LogP) is 3.16. The second-order valence-corrected chi connectivity index (χ2v) is 6.14. The first-order valence-corrected chi connectivity index (χ1v) is 7.97. The summed E-state index contributed by atoms with van der Waals surface area (Å²) in [4.78, 5) is 27.6. The van der Waals surface area contributed by atoms with Gasteiger partial charge in [-0.05, 0) is 25.3 Å². The van der Waals surface area contributed by atoms with Crippen LogP contribution in [0.2, 0.25) is 0 Å². The number of piperidine rings is 1. The number of fused-ring (bicyclic) bond motifs is 2. The fourth-order valence-electron chi connectivity index (χ4n) is 3.52. The lowest BCUT2D eigenvalue weighted by atomic mass is 9.83. The number of ketones is 2. The average Bonchev–Trinajstić information content (AvgIpc) is 2.60. The summed E-state index contributed by atoms with van der Waals surface area (Å²) in [7, 11) is 0. The van der Waals surface area contributed by atoms with Gasteiger partial charge in [0.25, 0.3) is 0 Å². The first kappa shape index (κ1) is 14.0. The van der Waals surface area contributed by atoms with Crippen LogP contribution in [0.25, 0.3) is 0 Å². The molecule has 4 rings (SSSR count). The van der Waals surface area contributed by atoms with Gasteiger partial charge in [0, 0.05) is 41.5 Å². The highest BCUT2D eigenvalue weighted by Crippen LogP contribution is 2.36. The minimum atomic E-state index is -0.280. The highest BCUT2D eigenvalue weighted by Gasteiger charge is 2.32. The van der Waals surface area contributed by atoms with Crippen LogP contribution < -0.4 is 4.90 Å². The quantitative estimate of drug-likeness (QED) is 0.750. The van der Waals surface area contributed by atoms with Crippen molar-refractivity contribution in [3.8, 4) is 5.75 Å². The van der Waals surface area contributed by atoms with Crippen molar-refractivity contribution < 1.29 is 14.7 Å². The van der Waals surface area contributed by atoms with E-state index in [2.05, 4.69) is 4.90 Å². The summed E-state index contributed by atoms with van der Waals surface area (Å²) < 4.78 is 0. The lowest BCUT2D eigenvalue weighted by Crippen LogP contribution is -2.30. The van der Waals surface area contributed by atoms with Crippen LogP contribution in [0.5, 0.6) is 5.75 Å². The summed E-state index contributed by atoms with van der Waals surface area (Å²) in [6.45, 7) is 1.83. The van der Waals surface area contributed by atoms with Gasteiger partial charge in [-0.1, -0.05) is 24.3 Å². The summed E-state index contributed by atoms with van der Waals surface area (Å²) >= 11 is 0. The van der Waals surface area contributed by atoms with Crippen LogP contribution in [-0.2, 0) is 0 Å². The standard InChI is InChI=1S/C19H17NO3/c21-16-11-12(20-8-4-1-5-9-20)10-15-17(16)19(23)14-7-3-2-6-13(14)18(15)22/h2-3,6-7,10-11,21H,1,4-5,8-9H2. The molecule has 0 unspecified atom stereocenters. The van der Waals surface area contributed by atoms with E-state index in [0.29, 0.717) is 16.7 Å². The van der Waals surface area contributed by atoms with Gasteiger partial charge in [0.2, 0.25) is 0 Å². The molecular weight excluding hydrogens is 290 g/mol. The van der Waals surface area contributed by atoms with Crippen LogP contribution in [0.15, 0.2) is 36.4 Å². The molecule has 4 nitrogen and oxygen atoms in total. The summed E-state index contributed by atoms with van der Waals surface area (Å²) in [5.74, 6) is -0.571. The predicted molar refractivity (Wildman–Crippen MR) is 87.5 cm³/mol. The Kier molecular flexibility index (Phi) is 3.18. The minimum Gasteiger partial charge on any atom is -0.507 e. The Bertz CT molecular complexity index is 819. The number of phenols is 1. The number of rotatable bonds is 1. The maximum absolute atomic E-state index is 12.8. The van der Waals surface area contributed by atoms with Gasteiger partial charge in [-0.2, -0.15) is 0 Å². The maximum Gasteiger partial charge on any atom is 0.198 e. The van der Waals surface area contributed by atoms with Crippen LogP contribution >= 0.6 is 0 Å². The zero-order valence-corrected chi connectivity index (χ0v) is 12.7. The largest absolute Gasteiger partial charge is 0.507 e. The lowest BCUT2D eigenvalue weighted by Gasteiger charge is -2.30. The number of aromatic hydroxyl groups is 1. The number of hydrogen-bond donors (Lipinski definition) is 1. The van der Waals surface area contributed by atoms with E-state index in [-0.39, 0.29) is 22.9 Å². The van der Waals surface area contributed by atoms with Gasteiger partial charge >= 0.3 is 0 Å². The van der Waals surface area contributed by atoms with Crippen molar-refractivity contribution in [2.24, 2.45) is 0 Å². The third-order valence-electron chi connectivity index (χ3n) is 4.71. The van der Waals surface area contributed by atoms with Gasteiger partial charge in [0.05, 0.1) is 5.56 Å². The second kappa shape index (κ2) is 5.23. The molecule has 1 fully saturated rings. The molecule has 116 valence electrons. The van der Waals surface area contributed by atoms with Crippen LogP contribution in [0.4, 0.5) is 5.69 Å². The molecule has 0 radical (unpaired) electrons. The van der Waals surface area contributed by atoms with Crippen molar-refractivity contribution in [3.05, 3.63) is 58.7 Å². The van der Waals surface area contributed by atoms with E-state index in [4.69, 9.17) is 0 Å². The summed E-state index contributed by atoms with van der Waals surface area (Å²) in [5, 5.41) is 10.4. The van der Waals surface area contributed by atoms with E-state index >= 15 is 0 Å². The molecule has 2 aromatic carbocycles. The molecule has 23 heavy (non-hydrogen) atoms. The zero-order chi connectivity index (χ0) is 16.0. The molecule has 1 aliphatic heterocycles. The van der Waals surface area contributed by atoms with Gasteiger partial charge in [0.15, 0.2) is 11.6 Å². The summed E-state index contributed by atoms with van der Waals surface area (Å²) in [5.41, 5.74) is 2.05. The van der Waals surface area contributed by atoms with Crippen molar-refractivity contribution in [1.29, 1.82) is 0 Å². The number of hydrogen-bond acceptors (Lipinski definition) is 4. The normalized spacial score (nSPS) is 17.0. The van der Waals surface area contributed by atoms with Gasteiger partial charge in [-0.3, -0.25) is 9.59 Å². The molecule has 1 N–H and O–H groups in total. The number of carbonyl (C=O) groups is 2. The molecule has 0 atom stereocenters. The fourth-order valence-corrected chi connectivity index (χ4v) is 3.52. The lowest BCUT2D eigenvalue weighted by molar-refractivity contribution is 0.0976. The summed E-state index contributed by atoms with van der Waals surface area (Å²) in [6.07, 6.45) is 3.42. The van der Waals surface area contributed by atoms with E-state index in [1.54, 1.807) is 36.4 Å². The average molecular weight is 307 g/mol. The van der Waals surface area contributed by atoms with Crippen molar-refractivity contribution in [2.75, 3.05) is 18.0 Å². The Morgan fingerprint density at radius 1 is 0.826 bits per heavy atom. The van der Waals surface area contributed by atoms with Gasteiger partial charge in [0.1, 0.15) is 5.75 Å².